The van der Waals surface area contributed by atoms with Crippen molar-refractivity contribution in [3.63, 3.8) is 0 Å². The maximum Gasteiger partial charge on any atom is 0.304 e. The molecule has 0 N–H and O–H groups in total. The van der Waals surface area contributed by atoms with Crippen LogP contribution in [0.15, 0.2) is 6.07 Å². The van der Waals surface area contributed by atoms with Crippen LogP contribution in [0, 0.1) is 16.5 Å². The van der Waals surface area contributed by atoms with Crippen LogP contribution in [0.1, 0.15) is 23.2 Å². The summed E-state index contributed by atoms with van der Waals surface area (Å²) < 4.78 is 0.683. The Balaban J connectivity index is 2.70. The Bertz CT molecular complexity index is 405. The van der Waals surface area contributed by atoms with Crippen molar-refractivity contribution in [2.24, 2.45) is 0 Å². The molecule has 0 radical (unpaired) electrons. The minimum absolute atomic E-state index is 0.00292. The first-order valence-corrected chi connectivity index (χ1v) is 4.45. The molecule has 3 nitrogen and oxygen atoms in total. The predicted molar refractivity (Wildman–Crippen MR) is 47.2 cm³/mol. The Kier molecular flexibility index (Phi) is 1.86. The molecule has 0 spiro atoms. The number of halogens is 1. The van der Waals surface area contributed by atoms with Crippen molar-refractivity contribution in [2.75, 3.05) is 0 Å². The number of pyridine rings is 1. The molecule has 2 rings (SSSR count). The van der Waals surface area contributed by atoms with Crippen LogP contribution in [0.4, 0.5) is 0 Å². The zero-order valence-corrected chi connectivity index (χ0v) is 7.64. The van der Waals surface area contributed by atoms with E-state index in [9.17, 15) is 5.21 Å². The van der Waals surface area contributed by atoms with E-state index in [0.29, 0.717) is 4.73 Å². The Morgan fingerprint density at radius 1 is 1.54 bits per heavy atom. The second kappa shape index (κ2) is 2.90. The fourth-order valence-corrected chi connectivity index (χ4v) is 1.88. The largest absolute Gasteiger partial charge is 0.617 e. The number of nitrogens with zero attached hydrogens (tertiary/aromatic N) is 2. The van der Waals surface area contributed by atoms with Gasteiger partial charge in [0.25, 0.3) is 0 Å². The standard InChI is InChI=1S/C9H7ClN2O/c10-9-7(5-11)4-6-2-1-3-8(6)12(9)13/h4H,1-3H2. The van der Waals surface area contributed by atoms with Gasteiger partial charge in [0.2, 0.25) is 0 Å². The van der Waals surface area contributed by atoms with Gasteiger partial charge in [-0.3, -0.25) is 0 Å². The predicted octanol–water partition coefficient (Wildman–Crippen LogP) is 1.33. The molecule has 0 unspecified atom stereocenters. The summed E-state index contributed by atoms with van der Waals surface area (Å²) in [7, 11) is 0. The van der Waals surface area contributed by atoms with E-state index in [1.165, 1.54) is 0 Å². The number of aryl methyl sites for hydroxylation is 1. The molecule has 4 heteroatoms. The van der Waals surface area contributed by atoms with Gasteiger partial charge in [0, 0.05) is 12.0 Å². The van der Waals surface area contributed by atoms with Crippen LogP contribution in [-0.2, 0) is 12.8 Å². The second-order valence-corrected chi connectivity index (χ2v) is 3.44. The average molecular weight is 195 g/mol. The van der Waals surface area contributed by atoms with E-state index < -0.39 is 0 Å². The van der Waals surface area contributed by atoms with Crippen molar-refractivity contribution >= 4 is 11.6 Å². The fourth-order valence-electron chi connectivity index (χ4n) is 1.68. The topological polar surface area (TPSA) is 50.7 Å². The quantitative estimate of drug-likeness (QED) is 0.356. The highest BCUT2D eigenvalue weighted by molar-refractivity contribution is 6.29. The normalized spacial score (nSPS) is 13.8. The monoisotopic (exact) mass is 194 g/mol. The molecule has 1 aromatic heterocycles. The second-order valence-electron chi connectivity index (χ2n) is 3.08. The molecule has 0 bridgehead atoms. The van der Waals surface area contributed by atoms with Crippen LogP contribution in [0.2, 0.25) is 5.15 Å². The molecule has 1 aliphatic rings. The van der Waals surface area contributed by atoms with E-state index >= 15 is 0 Å². The molecular weight excluding hydrogens is 188 g/mol. The van der Waals surface area contributed by atoms with E-state index in [2.05, 4.69) is 0 Å². The summed E-state index contributed by atoms with van der Waals surface area (Å²) in [6, 6.07) is 3.63. The molecule has 0 atom stereocenters. The van der Waals surface area contributed by atoms with Crippen molar-refractivity contribution in [2.45, 2.75) is 19.3 Å². The summed E-state index contributed by atoms with van der Waals surface area (Å²) in [6.07, 6.45) is 2.62. The lowest BCUT2D eigenvalue weighted by atomic mass is 10.2. The first-order valence-electron chi connectivity index (χ1n) is 4.08. The van der Waals surface area contributed by atoms with Gasteiger partial charge in [-0.1, -0.05) is 0 Å². The third kappa shape index (κ3) is 1.14. The summed E-state index contributed by atoms with van der Waals surface area (Å²) in [6.45, 7) is 0. The maximum atomic E-state index is 11.5. The number of nitriles is 1. The minimum atomic E-state index is 0.00292. The third-order valence-electron chi connectivity index (χ3n) is 2.32. The molecule has 1 aromatic rings. The third-order valence-corrected chi connectivity index (χ3v) is 2.67. The first kappa shape index (κ1) is 8.33. The van der Waals surface area contributed by atoms with Gasteiger partial charge in [-0.05, 0) is 30.5 Å². The molecule has 13 heavy (non-hydrogen) atoms. The molecule has 0 aromatic carbocycles. The molecule has 0 fully saturated rings. The summed E-state index contributed by atoms with van der Waals surface area (Å²) in [5.74, 6) is 0. The van der Waals surface area contributed by atoms with Crippen molar-refractivity contribution in [1.82, 2.24) is 0 Å². The van der Waals surface area contributed by atoms with E-state index in [1.807, 2.05) is 6.07 Å². The fraction of sp³-hybridized carbons (Fsp3) is 0.333. The SMILES string of the molecule is N#Cc1cc2c([n+]([O-])c1Cl)CCC2. The average Bonchev–Trinajstić information content (AvgIpc) is 2.59. The van der Waals surface area contributed by atoms with Gasteiger partial charge in [0.1, 0.15) is 11.6 Å². The molecular formula is C9H7ClN2O. The molecule has 1 aliphatic carbocycles. The van der Waals surface area contributed by atoms with Crippen molar-refractivity contribution in [3.8, 4) is 6.07 Å². The van der Waals surface area contributed by atoms with E-state index in [0.717, 1.165) is 30.5 Å². The number of hydrogen-bond acceptors (Lipinski definition) is 2. The van der Waals surface area contributed by atoms with Crippen LogP contribution >= 0.6 is 11.6 Å². The minimum Gasteiger partial charge on any atom is -0.617 e. The van der Waals surface area contributed by atoms with Crippen LogP contribution < -0.4 is 4.73 Å². The van der Waals surface area contributed by atoms with Crippen molar-refractivity contribution in [3.05, 3.63) is 33.2 Å². The van der Waals surface area contributed by atoms with Crippen molar-refractivity contribution < 1.29 is 4.73 Å². The van der Waals surface area contributed by atoms with Crippen LogP contribution in [0.3, 0.4) is 0 Å². The zero-order valence-electron chi connectivity index (χ0n) is 6.88. The van der Waals surface area contributed by atoms with Gasteiger partial charge in [-0.25, -0.2) is 0 Å². The van der Waals surface area contributed by atoms with Gasteiger partial charge in [-0.15, -0.1) is 0 Å². The van der Waals surface area contributed by atoms with Crippen molar-refractivity contribution in [1.29, 1.82) is 5.26 Å². The van der Waals surface area contributed by atoms with Gasteiger partial charge in [0.05, 0.1) is 0 Å². The number of fused-ring (bicyclic) bond motifs is 1. The lowest BCUT2D eigenvalue weighted by Crippen LogP contribution is -2.34. The Morgan fingerprint density at radius 3 is 3.00 bits per heavy atom. The van der Waals surface area contributed by atoms with Gasteiger partial charge in [-0.2, -0.15) is 9.99 Å². The Morgan fingerprint density at radius 2 is 2.31 bits per heavy atom. The Labute approximate surface area is 80.8 Å². The zero-order chi connectivity index (χ0) is 9.42. The molecule has 1 heterocycles. The summed E-state index contributed by atoms with van der Waals surface area (Å²) in [4.78, 5) is 0. The highest BCUT2D eigenvalue weighted by atomic mass is 35.5. The number of aromatic nitrogens is 1. The number of rotatable bonds is 0. The maximum absolute atomic E-state index is 11.5. The lowest BCUT2D eigenvalue weighted by Gasteiger charge is -2.05. The van der Waals surface area contributed by atoms with Gasteiger partial charge < -0.3 is 5.21 Å². The van der Waals surface area contributed by atoms with Crippen LogP contribution in [0.25, 0.3) is 0 Å². The highest BCUT2D eigenvalue weighted by Gasteiger charge is 2.24. The molecule has 0 amide bonds. The molecule has 0 saturated carbocycles. The highest BCUT2D eigenvalue weighted by Crippen LogP contribution is 2.22. The van der Waals surface area contributed by atoms with Crippen LogP contribution in [0.5, 0.6) is 0 Å². The van der Waals surface area contributed by atoms with E-state index in [4.69, 9.17) is 16.9 Å². The van der Waals surface area contributed by atoms with Gasteiger partial charge >= 0.3 is 5.15 Å². The summed E-state index contributed by atoms with van der Waals surface area (Å²) in [5.41, 5.74) is 1.97. The van der Waals surface area contributed by atoms with Crippen LogP contribution in [-0.4, -0.2) is 0 Å². The lowest BCUT2D eigenvalue weighted by molar-refractivity contribution is -0.611. The molecule has 66 valence electrons. The van der Waals surface area contributed by atoms with Gasteiger partial charge in [0.15, 0.2) is 5.69 Å². The number of hydrogen-bond donors (Lipinski definition) is 0. The first-order chi connectivity index (χ1) is 6.24. The van der Waals surface area contributed by atoms with E-state index in [-0.39, 0.29) is 10.7 Å². The molecule has 0 saturated heterocycles. The Hall–Kier alpha value is -1.27. The summed E-state index contributed by atoms with van der Waals surface area (Å²) >= 11 is 5.70. The summed E-state index contributed by atoms with van der Waals surface area (Å²) in [5, 5.41) is 20.2. The smallest absolute Gasteiger partial charge is 0.304 e. The molecule has 0 aliphatic heterocycles. The van der Waals surface area contributed by atoms with E-state index in [1.54, 1.807) is 6.07 Å².